The predicted octanol–water partition coefficient (Wildman–Crippen LogP) is 2.23. The maximum atomic E-state index is 12.6. The molecule has 1 aromatic rings. The highest BCUT2D eigenvalue weighted by Gasteiger charge is 2.31. The number of rotatable bonds is 3. The number of pyridine rings is 1. The van der Waals surface area contributed by atoms with Crippen LogP contribution in [0.5, 0.6) is 0 Å². The van der Waals surface area contributed by atoms with Crippen LogP contribution < -0.4 is 5.32 Å². The molecule has 1 aliphatic heterocycles. The van der Waals surface area contributed by atoms with E-state index in [0.717, 1.165) is 31.4 Å². The van der Waals surface area contributed by atoms with Crippen LogP contribution in [-0.2, 0) is 10.9 Å². The summed E-state index contributed by atoms with van der Waals surface area (Å²) in [5.41, 5.74) is -0.705. The number of anilines is 1. The minimum absolute atomic E-state index is 0.0647. The van der Waals surface area contributed by atoms with Crippen molar-refractivity contribution in [3.8, 4) is 0 Å². The number of hydrogen-bond donors (Lipinski definition) is 1. The maximum Gasteiger partial charge on any atom is 0.416 e. The van der Waals surface area contributed by atoms with E-state index in [1.165, 1.54) is 0 Å². The number of halogens is 3. The number of aromatic nitrogens is 1. The maximum absolute atomic E-state index is 12.6. The zero-order chi connectivity index (χ0) is 14.8. The van der Waals surface area contributed by atoms with Gasteiger partial charge in [-0.3, -0.25) is 0 Å². The Morgan fingerprint density at radius 3 is 2.90 bits per heavy atom. The Morgan fingerprint density at radius 2 is 2.25 bits per heavy atom. The van der Waals surface area contributed by atoms with Gasteiger partial charge in [-0.1, -0.05) is 0 Å². The van der Waals surface area contributed by atoms with Gasteiger partial charge >= 0.3 is 6.18 Å². The molecule has 20 heavy (non-hydrogen) atoms. The van der Waals surface area contributed by atoms with Crippen LogP contribution in [0.25, 0.3) is 0 Å². The summed E-state index contributed by atoms with van der Waals surface area (Å²) < 4.78 is 43.5. The highest BCUT2D eigenvalue weighted by molar-refractivity contribution is 5.39. The Labute approximate surface area is 115 Å². The standard InChI is InChI=1S/C13H18F3N3O/c1-9(11-8-19(2)5-6-20-11)18-12-7-10(3-4-17-12)13(14,15)16/h3-4,7,9,11H,5-6,8H2,1-2H3,(H,17,18). The predicted molar refractivity (Wildman–Crippen MR) is 69.6 cm³/mol. The average molecular weight is 289 g/mol. The van der Waals surface area contributed by atoms with Crippen molar-refractivity contribution in [1.29, 1.82) is 0 Å². The molecule has 7 heteroatoms. The van der Waals surface area contributed by atoms with Crippen molar-refractivity contribution in [1.82, 2.24) is 9.88 Å². The number of hydrogen-bond acceptors (Lipinski definition) is 4. The normalized spacial score (nSPS) is 22.6. The molecule has 1 N–H and O–H groups in total. The molecule has 2 unspecified atom stereocenters. The molecule has 112 valence electrons. The second-order valence-electron chi connectivity index (χ2n) is 5.03. The monoisotopic (exact) mass is 289 g/mol. The van der Waals surface area contributed by atoms with Crippen LogP contribution in [0.3, 0.4) is 0 Å². The third-order valence-corrected chi connectivity index (χ3v) is 3.32. The van der Waals surface area contributed by atoms with E-state index >= 15 is 0 Å². The first-order valence-corrected chi connectivity index (χ1v) is 6.46. The van der Waals surface area contributed by atoms with Gasteiger partial charge < -0.3 is 15.0 Å². The Kier molecular flexibility index (Phi) is 4.49. The van der Waals surface area contributed by atoms with Crippen LogP contribution in [0.4, 0.5) is 19.0 Å². The summed E-state index contributed by atoms with van der Waals surface area (Å²) in [6.45, 7) is 4.12. The summed E-state index contributed by atoms with van der Waals surface area (Å²) in [6, 6.07) is 1.86. The van der Waals surface area contributed by atoms with Gasteiger partial charge in [0.1, 0.15) is 5.82 Å². The van der Waals surface area contributed by atoms with E-state index in [1.54, 1.807) is 0 Å². The van der Waals surface area contributed by atoms with Gasteiger partial charge in [0.05, 0.1) is 24.3 Å². The topological polar surface area (TPSA) is 37.4 Å². The van der Waals surface area contributed by atoms with E-state index < -0.39 is 11.7 Å². The molecule has 0 bridgehead atoms. The number of nitrogens with one attached hydrogen (secondary N) is 1. The number of likely N-dealkylation sites (N-methyl/N-ethyl adjacent to an activating group) is 1. The van der Waals surface area contributed by atoms with Crippen molar-refractivity contribution in [2.75, 3.05) is 32.1 Å². The van der Waals surface area contributed by atoms with E-state index in [2.05, 4.69) is 15.2 Å². The first-order valence-electron chi connectivity index (χ1n) is 6.46. The molecular formula is C13H18F3N3O. The van der Waals surface area contributed by atoms with Crippen LogP contribution in [0, 0.1) is 0 Å². The summed E-state index contributed by atoms with van der Waals surface area (Å²) in [6.07, 6.45) is -3.26. The Balaban J connectivity index is 2.02. The van der Waals surface area contributed by atoms with Crippen LogP contribution >= 0.6 is 0 Å². The van der Waals surface area contributed by atoms with Crippen molar-refractivity contribution in [3.63, 3.8) is 0 Å². The molecule has 0 aromatic carbocycles. The van der Waals surface area contributed by atoms with Crippen LogP contribution in [0.1, 0.15) is 12.5 Å². The van der Waals surface area contributed by atoms with Gasteiger partial charge in [-0.25, -0.2) is 4.98 Å². The third-order valence-electron chi connectivity index (χ3n) is 3.32. The molecular weight excluding hydrogens is 271 g/mol. The molecule has 0 spiro atoms. The van der Waals surface area contributed by atoms with Crippen LogP contribution in [0.15, 0.2) is 18.3 Å². The fourth-order valence-electron chi connectivity index (χ4n) is 2.13. The van der Waals surface area contributed by atoms with E-state index in [0.29, 0.717) is 6.61 Å². The van der Waals surface area contributed by atoms with Gasteiger partial charge in [0.25, 0.3) is 0 Å². The lowest BCUT2D eigenvalue weighted by atomic mass is 10.1. The molecule has 2 rings (SSSR count). The summed E-state index contributed by atoms with van der Waals surface area (Å²) in [5.74, 6) is 0.212. The fourth-order valence-corrected chi connectivity index (χ4v) is 2.13. The Morgan fingerprint density at radius 1 is 1.50 bits per heavy atom. The van der Waals surface area contributed by atoms with Crippen molar-refractivity contribution in [2.45, 2.75) is 25.2 Å². The molecule has 0 amide bonds. The number of ether oxygens (including phenoxy) is 1. The molecule has 0 aliphatic carbocycles. The zero-order valence-electron chi connectivity index (χ0n) is 11.4. The van der Waals surface area contributed by atoms with Gasteiger partial charge in [-0.05, 0) is 26.1 Å². The number of morpholine rings is 1. The molecule has 2 heterocycles. The van der Waals surface area contributed by atoms with E-state index in [-0.39, 0.29) is 18.0 Å². The zero-order valence-corrected chi connectivity index (χ0v) is 11.4. The lowest BCUT2D eigenvalue weighted by molar-refractivity contribution is -0.137. The van der Waals surface area contributed by atoms with E-state index in [9.17, 15) is 13.2 Å². The minimum atomic E-state index is -4.36. The van der Waals surface area contributed by atoms with E-state index in [4.69, 9.17) is 4.74 Å². The van der Waals surface area contributed by atoms with Gasteiger partial charge in [0, 0.05) is 19.3 Å². The van der Waals surface area contributed by atoms with Crippen molar-refractivity contribution in [2.24, 2.45) is 0 Å². The number of nitrogens with zero attached hydrogens (tertiary/aromatic N) is 2. The average Bonchev–Trinajstić information content (AvgIpc) is 2.38. The fraction of sp³-hybridized carbons (Fsp3) is 0.615. The van der Waals surface area contributed by atoms with Gasteiger partial charge in [0.2, 0.25) is 0 Å². The largest absolute Gasteiger partial charge is 0.416 e. The molecule has 0 radical (unpaired) electrons. The summed E-state index contributed by atoms with van der Waals surface area (Å²) in [4.78, 5) is 6.06. The summed E-state index contributed by atoms with van der Waals surface area (Å²) in [5, 5.41) is 2.98. The van der Waals surface area contributed by atoms with Gasteiger partial charge in [-0.15, -0.1) is 0 Å². The molecule has 1 saturated heterocycles. The quantitative estimate of drug-likeness (QED) is 0.926. The molecule has 1 aromatic heterocycles. The van der Waals surface area contributed by atoms with Crippen molar-refractivity contribution < 1.29 is 17.9 Å². The second-order valence-corrected chi connectivity index (χ2v) is 5.03. The molecule has 1 aliphatic rings. The number of alkyl halides is 3. The lowest BCUT2D eigenvalue weighted by Crippen LogP contribution is -2.47. The third kappa shape index (κ3) is 3.83. The second kappa shape index (κ2) is 5.97. The van der Waals surface area contributed by atoms with Crippen LogP contribution in [-0.4, -0.2) is 48.8 Å². The molecule has 2 atom stereocenters. The highest BCUT2D eigenvalue weighted by Crippen LogP contribution is 2.30. The summed E-state index contributed by atoms with van der Waals surface area (Å²) >= 11 is 0. The molecule has 0 saturated carbocycles. The van der Waals surface area contributed by atoms with Crippen LogP contribution in [0.2, 0.25) is 0 Å². The van der Waals surface area contributed by atoms with Crippen molar-refractivity contribution >= 4 is 5.82 Å². The van der Waals surface area contributed by atoms with Crippen molar-refractivity contribution in [3.05, 3.63) is 23.9 Å². The van der Waals surface area contributed by atoms with Gasteiger partial charge in [0.15, 0.2) is 0 Å². The lowest BCUT2D eigenvalue weighted by Gasteiger charge is -2.34. The molecule has 4 nitrogen and oxygen atoms in total. The minimum Gasteiger partial charge on any atom is -0.373 e. The SMILES string of the molecule is CC(Nc1cc(C(F)(F)F)ccn1)C1CN(C)CCO1. The Hall–Kier alpha value is -1.34. The van der Waals surface area contributed by atoms with Gasteiger partial charge in [-0.2, -0.15) is 13.2 Å². The smallest absolute Gasteiger partial charge is 0.373 e. The Bertz CT molecular complexity index is 453. The molecule has 1 fully saturated rings. The first kappa shape index (κ1) is 15.1. The first-order chi connectivity index (χ1) is 9.36. The van der Waals surface area contributed by atoms with E-state index in [1.807, 2.05) is 14.0 Å². The highest BCUT2D eigenvalue weighted by atomic mass is 19.4. The summed E-state index contributed by atoms with van der Waals surface area (Å²) in [7, 11) is 1.99.